The summed E-state index contributed by atoms with van der Waals surface area (Å²) in [7, 11) is 0. The van der Waals surface area contributed by atoms with Crippen LogP contribution in [0.5, 0.6) is 0 Å². The molecule has 0 fully saturated rings. The van der Waals surface area contributed by atoms with E-state index in [0.717, 1.165) is 5.69 Å². The molecule has 138 valence electrons. The summed E-state index contributed by atoms with van der Waals surface area (Å²) < 4.78 is 40.6. The lowest BCUT2D eigenvalue weighted by molar-refractivity contribution is -0.137. The van der Waals surface area contributed by atoms with Gasteiger partial charge in [0.2, 0.25) is 5.95 Å². The van der Waals surface area contributed by atoms with Crippen LogP contribution in [0.4, 0.5) is 30.6 Å². The van der Waals surface area contributed by atoms with E-state index in [9.17, 15) is 13.2 Å². The number of aryl methyl sites for hydroxylation is 2. The van der Waals surface area contributed by atoms with E-state index in [0.29, 0.717) is 11.4 Å². The summed E-state index contributed by atoms with van der Waals surface area (Å²) in [6.45, 7) is 4.92. The number of hydrogen-bond acceptors (Lipinski definition) is 6. The minimum atomic E-state index is -4.60. The Kier molecular flexibility index (Phi) is 4.30. The molecule has 3 aromatic rings. The van der Waals surface area contributed by atoms with Gasteiger partial charge in [0.25, 0.3) is 0 Å². The first-order valence-corrected chi connectivity index (χ1v) is 7.70. The first kappa shape index (κ1) is 17.7. The highest BCUT2D eigenvalue weighted by Crippen LogP contribution is 2.35. The molecule has 26 heavy (non-hydrogen) atoms. The highest BCUT2D eigenvalue weighted by Gasteiger charge is 2.36. The topological polar surface area (TPSA) is 110 Å². The van der Waals surface area contributed by atoms with E-state index in [1.807, 2.05) is 13.0 Å². The molecule has 0 amide bonds. The number of aromatic amines is 1. The van der Waals surface area contributed by atoms with E-state index in [4.69, 9.17) is 5.73 Å². The molecule has 3 rings (SSSR count). The molecule has 1 atom stereocenters. The van der Waals surface area contributed by atoms with E-state index >= 15 is 0 Å². The number of nitrogens with one attached hydrogen (secondary N) is 2. The number of nitrogens with zero attached hydrogens (tertiary/aromatic N) is 5. The van der Waals surface area contributed by atoms with Crippen LogP contribution in [0.2, 0.25) is 0 Å². The van der Waals surface area contributed by atoms with Crippen molar-refractivity contribution < 1.29 is 13.2 Å². The van der Waals surface area contributed by atoms with Crippen LogP contribution >= 0.6 is 0 Å². The number of alkyl halides is 3. The molecule has 3 heterocycles. The number of halogens is 3. The molecule has 0 aliphatic rings. The number of nitrogens with two attached hydrogens (primary N) is 1. The number of hydrogen-bond donors (Lipinski definition) is 3. The Balaban J connectivity index is 1.88. The van der Waals surface area contributed by atoms with Gasteiger partial charge in [-0.15, -0.1) is 0 Å². The van der Waals surface area contributed by atoms with Gasteiger partial charge in [0.1, 0.15) is 11.4 Å². The molecule has 11 heteroatoms. The quantitative estimate of drug-likeness (QED) is 0.655. The molecule has 0 spiro atoms. The molecule has 3 aromatic heterocycles. The average molecular weight is 366 g/mol. The third-order valence-electron chi connectivity index (χ3n) is 3.91. The van der Waals surface area contributed by atoms with Gasteiger partial charge in [0.15, 0.2) is 0 Å². The van der Waals surface area contributed by atoms with Crippen molar-refractivity contribution in [3.8, 4) is 0 Å². The smallest absolute Gasteiger partial charge is 0.383 e. The summed E-state index contributed by atoms with van der Waals surface area (Å²) in [6, 6.07) is 1.70. The van der Waals surface area contributed by atoms with E-state index in [1.54, 1.807) is 24.0 Å². The van der Waals surface area contributed by atoms with Crippen LogP contribution in [0.3, 0.4) is 0 Å². The summed E-state index contributed by atoms with van der Waals surface area (Å²) in [5.41, 5.74) is 6.19. The fourth-order valence-electron chi connectivity index (χ4n) is 2.56. The molecule has 0 aliphatic heterocycles. The molecule has 0 aliphatic carbocycles. The Morgan fingerprint density at radius 2 is 1.96 bits per heavy atom. The maximum atomic E-state index is 13.0. The molecule has 4 N–H and O–H groups in total. The Bertz CT molecular complexity index is 891. The SMILES string of the molecule is Cc1nn(C(C)c2cc[nH]n2)cc1Nc1nc(C)c(C(F)(F)F)c(N)n1. The Labute approximate surface area is 146 Å². The van der Waals surface area contributed by atoms with Crippen molar-refractivity contribution in [3.63, 3.8) is 0 Å². The van der Waals surface area contributed by atoms with E-state index in [1.165, 1.54) is 6.92 Å². The molecule has 8 nitrogen and oxygen atoms in total. The van der Waals surface area contributed by atoms with Gasteiger partial charge in [-0.1, -0.05) is 0 Å². The summed E-state index contributed by atoms with van der Waals surface area (Å²) in [4.78, 5) is 7.59. The van der Waals surface area contributed by atoms with Crippen LogP contribution < -0.4 is 11.1 Å². The number of aromatic nitrogens is 6. The Morgan fingerprint density at radius 1 is 1.23 bits per heavy atom. The van der Waals surface area contributed by atoms with E-state index in [-0.39, 0.29) is 17.7 Å². The van der Waals surface area contributed by atoms with Gasteiger partial charge >= 0.3 is 6.18 Å². The zero-order chi connectivity index (χ0) is 19.1. The maximum absolute atomic E-state index is 13.0. The van der Waals surface area contributed by atoms with E-state index in [2.05, 4.69) is 30.6 Å². The van der Waals surface area contributed by atoms with Crippen LogP contribution in [0, 0.1) is 13.8 Å². The van der Waals surface area contributed by atoms with Gasteiger partial charge in [-0.25, -0.2) is 4.98 Å². The van der Waals surface area contributed by atoms with Crippen molar-refractivity contribution in [2.24, 2.45) is 0 Å². The predicted octanol–water partition coefficient (Wildman–Crippen LogP) is 2.97. The van der Waals surface area contributed by atoms with E-state index < -0.39 is 17.6 Å². The van der Waals surface area contributed by atoms with Crippen molar-refractivity contribution in [2.45, 2.75) is 33.0 Å². The molecular formula is C15H17F3N8. The highest BCUT2D eigenvalue weighted by atomic mass is 19.4. The molecule has 0 radical (unpaired) electrons. The maximum Gasteiger partial charge on any atom is 0.421 e. The van der Waals surface area contributed by atoms with Gasteiger partial charge in [-0.05, 0) is 26.8 Å². The second-order valence-corrected chi connectivity index (χ2v) is 5.80. The van der Waals surface area contributed by atoms with Crippen molar-refractivity contribution in [3.05, 3.63) is 41.1 Å². The van der Waals surface area contributed by atoms with Gasteiger partial charge in [-0.3, -0.25) is 9.78 Å². The van der Waals surface area contributed by atoms with Gasteiger partial charge in [0, 0.05) is 12.4 Å². The van der Waals surface area contributed by atoms with Crippen molar-refractivity contribution >= 4 is 17.5 Å². The second-order valence-electron chi connectivity index (χ2n) is 5.80. The van der Waals surface area contributed by atoms with Gasteiger partial charge in [-0.2, -0.15) is 28.4 Å². The number of H-pyrrole nitrogens is 1. The average Bonchev–Trinajstić information content (AvgIpc) is 3.15. The molecule has 0 saturated heterocycles. The fraction of sp³-hybridized carbons (Fsp3) is 0.333. The standard InChI is InChI=1S/C15H17F3N8/c1-7-11(6-26(25-7)9(3)10-4-5-20-24-10)22-14-21-8(2)12(13(19)23-14)15(16,17)18/h4-6,9H,1-3H3,(H,20,24)(H3,19,21,22,23). The number of nitrogen functional groups attached to an aromatic ring is 1. The van der Waals surface area contributed by atoms with Gasteiger partial charge < -0.3 is 11.1 Å². The molecular weight excluding hydrogens is 349 g/mol. The zero-order valence-electron chi connectivity index (χ0n) is 14.3. The predicted molar refractivity (Wildman–Crippen MR) is 88.8 cm³/mol. The fourth-order valence-corrected chi connectivity index (χ4v) is 2.56. The first-order chi connectivity index (χ1) is 12.2. The monoisotopic (exact) mass is 366 g/mol. The number of rotatable bonds is 4. The molecule has 0 bridgehead atoms. The summed E-state index contributed by atoms with van der Waals surface area (Å²) in [5.74, 6) is -0.648. The molecule has 0 saturated carbocycles. The van der Waals surface area contributed by atoms with Crippen LogP contribution in [-0.4, -0.2) is 29.9 Å². The highest BCUT2D eigenvalue weighted by molar-refractivity contribution is 5.58. The summed E-state index contributed by atoms with van der Waals surface area (Å²) in [6.07, 6.45) is -1.18. The van der Waals surface area contributed by atoms with Crippen LogP contribution in [0.1, 0.15) is 35.6 Å². The van der Waals surface area contributed by atoms with Gasteiger partial charge in [0.05, 0.1) is 28.8 Å². The van der Waals surface area contributed by atoms with Crippen molar-refractivity contribution in [2.75, 3.05) is 11.1 Å². The third-order valence-corrected chi connectivity index (χ3v) is 3.91. The minimum Gasteiger partial charge on any atom is -0.383 e. The lowest BCUT2D eigenvalue weighted by Gasteiger charge is -2.13. The third kappa shape index (κ3) is 3.32. The largest absolute Gasteiger partial charge is 0.421 e. The Hall–Kier alpha value is -3.11. The van der Waals surface area contributed by atoms with Crippen molar-refractivity contribution in [1.29, 1.82) is 0 Å². The zero-order valence-corrected chi connectivity index (χ0v) is 14.3. The summed E-state index contributed by atoms with van der Waals surface area (Å²) in [5, 5.41) is 14.1. The first-order valence-electron chi connectivity index (χ1n) is 7.70. The lowest BCUT2D eigenvalue weighted by atomic mass is 10.2. The summed E-state index contributed by atoms with van der Waals surface area (Å²) >= 11 is 0. The lowest BCUT2D eigenvalue weighted by Crippen LogP contribution is -2.15. The normalized spacial score (nSPS) is 13.0. The van der Waals surface area contributed by atoms with Crippen LogP contribution in [-0.2, 0) is 6.18 Å². The minimum absolute atomic E-state index is 0.0249. The Morgan fingerprint density at radius 3 is 2.54 bits per heavy atom. The van der Waals surface area contributed by atoms with Crippen molar-refractivity contribution in [1.82, 2.24) is 29.9 Å². The second kappa shape index (κ2) is 6.32. The molecule has 0 aromatic carbocycles. The van der Waals surface area contributed by atoms with Crippen LogP contribution in [0.15, 0.2) is 18.5 Å². The van der Waals surface area contributed by atoms with Crippen LogP contribution in [0.25, 0.3) is 0 Å². The molecule has 1 unspecified atom stereocenters. The number of anilines is 3.